The third kappa shape index (κ3) is 2.53. The minimum absolute atomic E-state index is 0.454. The van der Waals surface area contributed by atoms with E-state index in [9.17, 15) is 5.11 Å². The predicted molar refractivity (Wildman–Crippen MR) is 68.6 cm³/mol. The van der Waals surface area contributed by atoms with Crippen LogP contribution in [0.25, 0.3) is 0 Å². The average Bonchev–Trinajstić information content (AvgIpc) is 2.25. The number of anilines is 1. The van der Waals surface area contributed by atoms with Crippen molar-refractivity contribution in [3.63, 3.8) is 0 Å². The van der Waals surface area contributed by atoms with E-state index in [0.29, 0.717) is 11.7 Å². The van der Waals surface area contributed by atoms with Crippen molar-refractivity contribution < 1.29 is 5.11 Å². The average molecular weight is 256 g/mol. The second kappa shape index (κ2) is 4.42. The number of hydrogen-bond acceptors (Lipinski definition) is 4. The number of aliphatic hydroxyl groups is 1. The highest BCUT2D eigenvalue weighted by atomic mass is 35.5. The summed E-state index contributed by atoms with van der Waals surface area (Å²) >= 11 is 5.94. The van der Waals surface area contributed by atoms with Crippen LogP contribution in [0.15, 0.2) is 0 Å². The molecule has 0 radical (unpaired) electrons. The molecule has 0 aliphatic carbocycles. The highest BCUT2D eigenvalue weighted by molar-refractivity contribution is 6.30. The van der Waals surface area contributed by atoms with Gasteiger partial charge >= 0.3 is 0 Å². The lowest BCUT2D eigenvalue weighted by Crippen LogP contribution is -2.46. The van der Waals surface area contributed by atoms with Crippen LogP contribution in [0.4, 0.5) is 5.82 Å². The Morgan fingerprint density at radius 3 is 2.65 bits per heavy atom. The topological polar surface area (TPSA) is 49.2 Å². The molecule has 1 saturated heterocycles. The molecule has 5 heteroatoms. The van der Waals surface area contributed by atoms with Gasteiger partial charge in [-0.2, -0.15) is 0 Å². The van der Waals surface area contributed by atoms with Gasteiger partial charge in [-0.25, -0.2) is 0 Å². The first-order valence-electron chi connectivity index (χ1n) is 5.87. The Kier molecular flexibility index (Phi) is 3.27. The summed E-state index contributed by atoms with van der Waals surface area (Å²) in [5, 5.41) is 18.7. The smallest absolute Gasteiger partial charge is 0.155 e. The van der Waals surface area contributed by atoms with Crippen molar-refractivity contribution in [3.8, 4) is 0 Å². The second-order valence-corrected chi connectivity index (χ2v) is 5.44. The van der Waals surface area contributed by atoms with Crippen LogP contribution in [0.1, 0.15) is 30.9 Å². The van der Waals surface area contributed by atoms with Crippen LogP contribution in [-0.2, 0) is 0 Å². The molecule has 0 amide bonds. The van der Waals surface area contributed by atoms with E-state index in [1.165, 1.54) is 0 Å². The molecule has 4 nitrogen and oxygen atoms in total. The number of piperidine rings is 1. The summed E-state index contributed by atoms with van der Waals surface area (Å²) in [6, 6.07) is 0. The zero-order valence-corrected chi connectivity index (χ0v) is 11.3. The quantitative estimate of drug-likeness (QED) is 0.835. The molecule has 94 valence electrons. The van der Waals surface area contributed by atoms with Crippen molar-refractivity contribution in [1.29, 1.82) is 0 Å². The van der Waals surface area contributed by atoms with Crippen molar-refractivity contribution in [2.24, 2.45) is 0 Å². The van der Waals surface area contributed by atoms with Crippen molar-refractivity contribution in [2.75, 3.05) is 18.0 Å². The van der Waals surface area contributed by atoms with Gasteiger partial charge in [0.05, 0.1) is 5.60 Å². The maximum atomic E-state index is 10.1. The van der Waals surface area contributed by atoms with E-state index >= 15 is 0 Å². The van der Waals surface area contributed by atoms with Gasteiger partial charge in [0.15, 0.2) is 11.0 Å². The van der Waals surface area contributed by atoms with Gasteiger partial charge in [-0.15, -0.1) is 10.2 Å². The first-order valence-corrected chi connectivity index (χ1v) is 6.25. The molecule has 1 N–H and O–H groups in total. The van der Waals surface area contributed by atoms with Gasteiger partial charge in [-0.1, -0.05) is 11.6 Å². The Morgan fingerprint density at radius 1 is 1.29 bits per heavy atom. The molecule has 0 saturated carbocycles. The molecule has 1 unspecified atom stereocenters. The SMILES string of the molecule is Cc1c(Cl)nnc(N2CCCC(C)(O)C2)c1C. The largest absolute Gasteiger partial charge is 0.388 e. The molecule has 17 heavy (non-hydrogen) atoms. The summed E-state index contributed by atoms with van der Waals surface area (Å²) in [4.78, 5) is 2.09. The summed E-state index contributed by atoms with van der Waals surface area (Å²) < 4.78 is 0. The number of halogens is 1. The van der Waals surface area contributed by atoms with Gasteiger partial charge in [-0.05, 0) is 44.7 Å². The van der Waals surface area contributed by atoms with E-state index in [0.717, 1.165) is 36.3 Å². The van der Waals surface area contributed by atoms with Gasteiger partial charge in [0.2, 0.25) is 0 Å². The lowest BCUT2D eigenvalue weighted by Gasteiger charge is -2.38. The molecule has 0 spiro atoms. The first-order chi connectivity index (χ1) is 7.91. The highest BCUT2D eigenvalue weighted by Gasteiger charge is 2.30. The minimum atomic E-state index is -0.639. The Hall–Kier alpha value is -0.870. The maximum Gasteiger partial charge on any atom is 0.155 e. The molecular formula is C12H18ClN3O. The van der Waals surface area contributed by atoms with Crippen LogP contribution < -0.4 is 4.90 Å². The summed E-state index contributed by atoms with van der Waals surface area (Å²) in [5.41, 5.74) is 1.37. The van der Waals surface area contributed by atoms with Gasteiger partial charge in [0.1, 0.15) is 0 Å². The monoisotopic (exact) mass is 255 g/mol. The Morgan fingerprint density at radius 2 is 2.00 bits per heavy atom. The molecule has 1 aromatic heterocycles. The third-order valence-electron chi connectivity index (χ3n) is 3.41. The summed E-state index contributed by atoms with van der Waals surface area (Å²) in [7, 11) is 0. The van der Waals surface area contributed by atoms with Crippen LogP contribution in [0.2, 0.25) is 5.15 Å². The van der Waals surface area contributed by atoms with E-state index in [1.54, 1.807) is 0 Å². The highest BCUT2D eigenvalue weighted by Crippen LogP contribution is 2.28. The lowest BCUT2D eigenvalue weighted by molar-refractivity contribution is 0.0446. The third-order valence-corrected chi connectivity index (χ3v) is 3.77. The van der Waals surface area contributed by atoms with Crippen molar-refractivity contribution in [2.45, 2.75) is 39.2 Å². The molecular weight excluding hydrogens is 238 g/mol. The molecule has 0 aromatic carbocycles. The number of aromatic nitrogens is 2. The number of β-amino-alcohol motifs (C(OH)–C–C–N with tert-alkyl or cyclic N) is 1. The van der Waals surface area contributed by atoms with Gasteiger partial charge in [-0.3, -0.25) is 0 Å². The molecule has 2 rings (SSSR count). The van der Waals surface area contributed by atoms with E-state index in [1.807, 2.05) is 20.8 Å². The molecule has 2 heterocycles. The van der Waals surface area contributed by atoms with Crippen LogP contribution in [0.3, 0.4) is 0 Å². The summed E-state index contributed by atoms with van der Waals surface area (Å²) in [6.07, 6.45) is 1.80. The number of hydrogen-bond donors (Lipinski definition) is 1. The molecule has 1 aliphatic rings. The van der Waals surface area contributed by atoms with E-state index < -0.39 is 5.60 Å². The zero-order valence-electron chi connectivity index (χ0n) is 10.5. The van der Waals surface area contributed by atoms with Gasteiger partial charge in [0.25, 0.3) is 0 Å². The Balaban J connectivity index is 2.31. The fourth-order valence-electron chi connectivity index (χ4n) is 2.26. The van der Waals surface area contributed by atoms with Crippen molar-refractivity contribution in [1.82, 2.24) is 10.2 Å². The molecule has 1 aromatic rings. The van der Waals surface area contributed by atoms with Gasteiger partial charge in [0, 0.05) is 13.1 Å². The fourth-order valence-corrected chi connectivity index (χ4v) is 2.44. The predicted octanol–water partition coefficient (Wildman–Crippen LogP) is 2.10. The standard InChI is InChI=1S/C12H18ClN3O/c1-8-9(2)11(15-14-10(8)13)16-6-4-5-12(3,17)7-16/h17H,4-7H2,1-3H3. The molecule has 1 atom stereocenters. The van der Waals surface area contributed by atoms with Crippen molar-refractivity contribution in [3.05, 3.63) is 16.3 Å². The summed E-state index contributed by atoms with van der Waals surface area (Å²) in [5.74, 6) is 0.840. The number of rotatable bonds is 1. The molecule has 1 fully saturated rings. The summed E-state index contributed by atoms with van der Waals surface area (Å²) in [6.45, 7) is 7.31. The molecule has 1 aliphatic heterocycles. The Labute approximate surface area is 107 Å². The Bertz CT molecular complexity index is 434. The van der Waals surface area contributed by atoms with E-state index in [-0.39, 0.29) is 0 Å². The van der Waals surface area contributed by atoms with E-state index in [2.05, 4.69) is 15.1 Å². The van der Waals surface area contributed by atoms with Gasteiger partial charge < -0.3 is 10.0 Å². The lowest BCUT2D eigenvalue weighted by atomic mass is 9.95. The van der Waals surface area contributed by atoms with Crippen molar-refractivity contribution >= 4 is 17.4 Å². The zero-order chi connectivity index (χ0) is 12.6. The minimum Gasteiger partial charge on any atom is -0.388 e. The van der Waals surface area contributed by atoms with E-state index in [4.69, 9.17) is 11.6 Å². The van der Waals surface area contributed by atoms with Crippen LogP contribution in [0, 0.1) is 13.8 Å². The second-order valence-electron chi connectivity index (χ2n) is 5.09. The first kappa shape index (κ1) is 12.6. The normalized spacial score (nSPS) is 25.1. The maximum absolute atomic E-state index is 10.1. The van der Waals surface area contributed by atoms with Crippen LogP contribution >= 0.6 is 11.6 Å². The van der Waals surface area contributed by atoms with Crippen LogP contribution in [-0.4, -0.2) is 34.0 Å². The number of nitrogens with zero attached hydrogens (tertiary/aromatic N) is 3. The molecule has 0 bridgehead atoms. The fraction of sp³-hybridized carbons (Fsp3) is 0.667. The van der Waals surface area contributed by atoms with Crippen LogP contribution in [0.5, 0.6) is 0 Å².